The van der Waals surface area contributed by atoms with Crippen LogP contribution in [-0.2, 0) is 23.9 Å². The fraction of sp³-hybridized carbons (Fsp3) is 0.808. The van der Waals surface area contributed by atoms with Gasteiger partial charge >= 0.3 is 6.09 Å². The quantitative estimate of drug-likeness (QED) is 0.427. The van der Waals surface area contributed by atoms with Gasteiger partial charge in [0.25, 0.3) is 5.91 Å². The second kappa shape index (κ2) is 10.0. The molecular formula is C26H44N4O6. The summed E-state index contributed by atoms with van der Waals surface area (Å²) < 4.78 is 5.37. The summed E-state index contributed by atoms with van der Waals surface area (Å²) in [5.74, 6) is -2.84. The van der Waals surface area contributed by atoms with E-state index in [-0.39, 0.29) is 29.6 Å². The molecule has 204 valence electrons. The largest absolute Gasteiger partial charge is 0.444 e. The standard InChI is InChI=1S/C26H44N4O6/c1-13(2)11-15(18(31)20(27)32)28-21(33)17-16-14(26(16,9)10)12-30(17)22(34)19(24(3,4)5)29-23(35)36-25(6,7)8/h13-17,19H,11-12H2,1-10H3,(H2,27,32)(H,28,33)(H,29,35)/t14-,15?,16?,17-,19+/m0/s1. The van der Waals surface area contributed by atoms with Crippen molar-refractivity contribution in [2.24, 2.45) is 34.3 Å². The van der Waals surface area contributed by atoms with Crippen LogP contribution in [-0.4, -0.2) is 64.8 Å². The third kappa shape index (κ3) is 6.56. The molecule has 10 heteroatoms. The molecule has 1 heterocycles. The molecule has 2 unspecified atom stereocenters. The fourth-order valence-electron chi connectivity index (χ4n) is 5.18. The zero-order valence-electron chi connectivity index (χ0n) is 23.4. The first kappa shape index (κ1) is 29.6. The number of fused-ring (bicyclic) bond motifs is 1. The number of Topliss-reactive ketones (excluding diaryl/α,β-unsaturated/α-hetero) is 1. The van der Waals surface area contributed by atoms with Gasteiger partial charge in [-0.05, 0) is 55.8 Å². The number of nitrogens with two attached hydrogens (primary N) is 1. The summed E-state index contributed by atoms with van der Waals surface area (Å²) in [4.78, 5) is 65.4. The Labute approximate surface area is 214 Å². The van der Waals surface area contributed by atoms with Crippen LogP contribution in [0.1, 0.15) is 75.7 Å². The van der Waals surface area contributed by atoms with Crippen LogP contribution in [0.4, 0.5) is 4.79 Å². The smallest absolute Gasteiger partial charge is 0.408 e. The fourth-order valence-corrected chi connectivity index (χ4v) is 5.18. The first-order chi connectivity index (χ1) is 16.2. The van der Waals surface area contributed by atoms with Gasteiger partial charge in [0, 0.05) is 6.54 Å². The number of alkyl carbamates (subject to hydrolysis) is 1. The lowest BCUT2D eigenvalue weighted by molar-refractivity contribution is -0.145. The number of ketones is 1. The summed E-state index contributed by atoms with van der Waals surface area (Å²) in [5.41, 5.74) is 3.65. The van der Waals surface area contributed by atoms with Gasteiger partial charge < -0.3 is 26.0 Å². The van der Waals surface area contributed by atoms with E-state index < -0.39 is 58.7 Å². The number of primary amides is 1. The number of hydrogen-bond acceptors (Lipinski definition) is 6. The van der Waals surface area contributed by atoms with Crippen molar-refractivity contribution < 1.29 is 28.7 Å². The number of amides is 4. The highest BCUT2D eigenvalue weighted by Crippen LogP contribution is 2.65. The van der Waals surface area contributed by atoms with Gasteiger partial charge in [-0.2, -0.15) is 0 Å². The molecule has 0 spiro atoms. The molecule has 4 N–H and O–H groups in total. The van der Waals surface area contributed by atoms with Gasteiger partial charge in [0.15, 0.2) is 0 Å². The molecule has 1 saturated carbocycles. The summed E-state index contributed by atoms with van der Waals surface area (Å²) in [6.45, 7) is 18.9. The third-order valence-electron chi connectivity index (χ3n) is 7.12. The number of nitrogens with zero attached hydrogens (tertiary/aromatic N) is 1. The number of ether oxygens (including phenoxy) is 1. The van der Waals surface area contributed by atoms with E-state index in [1.165, 1.54) is 4.90 Å². The monoisotopic (exact) mass is 508 g/mol. The Morgan fingerprint density at radius 1 is 1.03 bits per heavy atom. The van der Waals surface area contributed by atoms with E-state index in [0.29, 0.717) is 6.54 Å². The predicted octanol–water partition coefficient (Wildman–Crippen LogP) is 1.99. The number of rotatable bonds is 8. The number of hydrogen-bond donors (Lipinski definition) is 3. The Bertz CT molecular complexity index is 914. The van der Waals surface area contributed by atoms with Gasteiger partial charge in [0.1, 0.15) is 17.7 Å². The average molecular weight is 509 g/mol. The second-order valence-electron chi connectivity index (χ2n) is 13.3. The Morgan fingerprint density at radius 2 is 1.58 bits per heavy atom. The van der Waals surface area contributed by atoms with Crippen molar-refractivity contribution in [2.75, 3.05) is 6.54 Å². The number of likely N-dealkylation sites (tertiary alicyclic amines) is 1. The van der Waals surface area contributed by atoms with Crippen molar-refractivity contribution in [3.8, 4) is 0 Å². The van der Waals surface area contributed by atoms with Crippen LogP contribution < -0.4 is 16.4 Å². The SMILES string of the molecule is CC(C)CC(NC(=O)[C@@H]1C2[C@H](CN1C(=O)[C@@H](NC(=O)OC(C)(C)C)C(C)(C)C)C2(C)C)C(=O)C(N)=O. The number of carbonyl (C=O) groups is 5. The average Bonchev–Trinajstić information content (AvgIpc) is 3.03. The molecule has 0 aromatic carbocycles. The molecule has 2 fully saturated rings. The molecule has 1 saturated heterocycles. The molecule has 2 aliphatic rings. The maximum atomic E-state index is 13.8. The summed E-state index contributed by atoms with van der Waals surface area (Å²) >= 11 is 0. The molecule has 5 atom stereocenters. The maximum Gasteiger partial charge on any atom is 0.408 e. The van der Waals surface area contributed by atoms with Crippen molar-refractivity contribution in [2.45, 2.75) is 99.4 Å². The Balaban J connectivity index is 2.33. The maximum absolute atomic E-state index is 13.8. The summed E-state index contributed by atoms with van der Waals surface area (Å²) in [6, 6.07) is -2.84. The van der Waals surface area contributed by atoms with Crippen LogP contribution in [0.5, 0.6) is 0 Å². The number of carbonyl (C=O) groups excluding carboxylic acids is 5. The predicted molar refractivity (Wildman–Crippen MR) is 134 cm³/mol. The van der Waals surface area contributed by atoms with Gasteiger partial charge in [-0.1, -0.05) is 48.5 Å². The van der Waals surface area contributed by atoms with Gasteiger partial charge in [0.05, 0.1) is 6.04 Å². The molecule has 1 aliphatic heterocycles. The lowest BCUT2D eigenvalue weighted by atomic mass is 9.85. The summed E-state index contributed by atoms with van der Waals surface area (Å²) in [7, 11) is 0. The van der Waals surface area contributed by atoms with Crippen LogP contribution >= 0.6 is 0 Å². The van der Waals surface area contributed by atoms with Gasteiger partial charge in [-0.3, -0.25) is 19.2 Å². The van der Waals surface area contributed by atoms with Crippen LogP contribution in [0.15, 0.2) is 0 Å². The van der Waals surface area contributed by atoms with Gasteiger partial charge in [-0.25, -0.2) is 4.79 Å². The minimum atomic E-state index is -1.11. The van der Waals surface area contributed by atoms with E-state index in [0.717, 1.165) is 0 Å². The second-order valence-corrected chi connectivity index (χ2v) is 13.3. The van der Waals surface area contributed by atoms with E-state index in [4.69, 9.17) is 10.5 Å². The highest BCUT2D eigenvalue weighted by Gasteiger charge is 2.69. The number of nitrogens with one attached hydrogen (secondary N) is 2. The van der Waals surface area contributed by atoms with E-state index in [9.17, 15) is 24.0 Å². The zero-order chi connectivity index (χ0) is 28.0. The first-order valence-electron chi connectivity index (χ1n) is 12.6. The Morgan fingerprint density at radius 3 is 2.03 bits per heavy atom. The first-order valence-corrected chi connectivity index (χ1v) is 12.6. The highest BCUT2D eigenvalue weighted by molar-refractivity contribution is 6.37. The minimum Gasteiger partial charge on any atom is -0.444 e. The molecule has 2 rings (SSSR count). The third-order valence-corrected chi connectivity index (χ3v) is 7.12. The zero-order valence-corrected chi connectivity index (χ0v) is 23.4. The molecule has 4 amide bonds. The van der Waals surface area contributed by atoms with Crippen molar-refractivity contribution in [1.29, 1.82) is 0 Å². The molecule has 36 heavy (non-hydrogen) atoms. The molecule has 1 aliphatic carbocycles. The molecule has 0 aromatic rings. The minimum absolute atomic E-state index is 0.0216. The van der Waals surface area contributed by atoms with Crippen LogP contribution in [0.25, 0.3) is 0 Å². The van der Waals surface area contributed by atoms with Gasteiger partial charge in [-0.15, -0.1) is 0 Å². The summed E-state index contributed by atoms with van der Waals surface area (Å²) in [6.07, 6.45) is -0.471. The van der Waals surface area contributed by atoms with Crippen molar-refractivity contribution in [3.63, 3.8) is 0 Å². The molecule has 10 nitrogen and oxygen atoms in total. The molecule has 0 radical (unpaired) electrons. The Hall–Kier alpha value is -2.65. The summed E-state index contributed by atoms with van der Waals surface area (Å²) in [5, 5.41) is 5.41. The molecular weight excluding hydrogens is 464 g/mol. The van der Waals surface area contributed by atoms with E-state index in [1.807, 2.05) is 48.5 Å². The molecule has 0 aromatic heterocycles. The van der Waals surface area contributed by atoms with Crippen molar-refractivity contribution in [3.05, 3.63) is 0 Å². The Kier molecular flexibility index (Phi) is 8.23. The van der Waals surface area contributed by atoms with E-state index >= 15 is 0 Å². The topological polar surface area (TPSA) is 148 Å². The van der Waals surface area contributed by atoms with E-state index in [1.54, 1.807) is 20.8 Å². The van der Waals surface area contributed by atoms with Crippen molar-refractivity contribution >= 4 is 29.6 Å². The number of piperidine rings is 1. The lowest BCUT2D eigenvalue weighted by Crippen LogP contribution is -2.60. The van der Waals surface area contributed by atoms with Crippen LogP contribution in [0.3, 0.4) is 0 Å². The normalized spacial score (nSPS) is 24.4. The highest BCUT2D eigenvalue weighted by atomic mass is 16.6. The molecule has 0 bridgehead atoms. The van der Waals surface area contributed by atoms with Gasteiger partial charge in [0.2, 0.25) is 17.6 Å². The van der Waals surface area contributed by atoms with E-state index in [2.05, 4.69) is 10.6 Å². The van der Waals surface area contributed by atoms with Crippen molar-refractivity contribution in [1.82, 2.24) is 15.5 Å². The van der Waals surface area contributed by atoms with Crippen LogP contribution in [0.2, 0.25) is 0 Å². The van der Waals surface area contributed by atoms with Crippen LogP contribution in [0, 0.1) is 28.6 Å². The lowest BCUT2D eigenvalue weighted by Gasteiger charge is -2.38.